The highest BCUT2D eigenvalue weighted by atomic mass is 35.5. The third-order valence-corrected chi connectivity index (χ3v) is 6.10. The molecule has 1 fully saturated rings. The lowest BCUT2D eigenvalue weighted by molar-refractivity contribution is -0.137. The van der Waals surface area contributed by atoms with Gasteiger partial charge in [0.25, 0.3) is 0 Å². The van der Waals surface area contributed by atoms with Crippen LogP contribution in [0.3, 0.4) is 0 Å². The second-order valence-corrected chi connectivity index (χ2v) is 8.39. The Morgan fingerprint density at radius 3 is 2.65 bits per heavy atom. The second-order valence-electron chi connectivity index (χ2n) is 6.22. The fraction of sp³-hybridized carbons (Fsp3) is 0.562. The van der Waals surface area contributed by atoms with Crippen LogP contribution in [0.5, 0.6) is 0 Å². The van der Waals surface area contributed by atoms with Gasteiger partial charge in [-0.1, -0.05) is 11.6 Å². The molecule has 1 atom stereocenters. The molecule has 0 bridgehead atoms. The topological polar surface area (TPSA) is 66.5 Å². The average molecular weight is 413 g/mol. The predicted octanol–water partition coefficient (Wildman–Crippen LogP) is 3.43. The Morgan fingerprint density at radius 2 is 2.04 bits per heavy atom. The van der Waals surface area contributed by atoms with Crippen molar-refractivity contribution in [2.24, 2.45) is 0 Å². The van der Waals surface area contributed by atoms with E-state index in [1.807, 2.05) is 6.92 Å². The summed E-state index contributed by atoms with van der Waals surface area (Å²) in [7, 11) is -4.18. The maximum absolute atomic E-state index is 12.9. The number of benzene rings is 1. The Balaban J connectivity index is 2.02. The molecule has 1 unspecified atom stereocenters. The summed E-state index contributed by atoms with van der Waals surface area (Å²) in [6, 6.07) is 2.48. The zero-order valence-electron chi connectivity index (χ0n) is 14.1. The molecule has 1 amide bonds. The van der Waals surface area contributed by atoms with E-state index in [-0.39, 0.29) is 24.9 Å². The number of nitrogens with one attached hydrogen (secondary N) is 1. The van der Waals surface area contributed by atoms with Gasteiger partial charge in [0, 0.05) is 25.6 Å². The number of alkyl halides is 3. The molecule has 2 rings (SSSR count). The highest BCUT2D eigenvalue weighted by Gasteiger charge is 2.34. The van der Waals surface area contributed by atoms with Gasteiger partial charge in [0.1, 0.15) is 0 Å². The summed E-state index contributed by atoms with van der Waals surface area (Å²) in [5.74, 6) is -0.174. The molecule has 0 aromatic heterocycles. The van der Waals surface area contributed by atoms with Crippen LogP contribution < -0.4 is 4.72 Å². The normalized spacial score (nSPS) is 18.8. The summed E-state index contributed by atoms with van der Waals surface area (Å²) in [5, 5.41) is -0.578. The van der Waals surface area contributed by atoms with Crippen molar-refractivity contribution in [1.29, 1.82) is 0 Å². The smallest absolute Gasteiger partial charge is 0.340 e. The Hall–Kier alpha value is -1.32. The van der Waals surface area contributed by atoms with Gasteiger partial charge < -0.3 is 4.90 Å². The van der Waals surface area contributed by atoms with E-state index >= 15 is 0 Å². The number of sulfonamides is 1. The van der Waals surface area contributed by atoms with Crippen LogP contribution in [0.1, 0.15) is 38.2 Å². The number of hydrogen-bond donors (Lipinski definition) is 1. The molecule has 1 aromatic rings. The predicted molar refractivity (Wildman–Crippen MR) is 91.3 cm³/mol. The Morgan fingerprint density at radius 1 is 1.35 bits per heavy atom. The molecule has 1 aliphatic rings. The van der Waals surface area contributed by atoms with Gasteiger partial charge in [-0.15, -0.1) is 0 Å². The minimum atomic E-state index is -4.76. The van der Waals surface area contributed by atoms with Gasteiger partial charge in [-0.3, -0.25) is 4.79 Å². The number of likely N-dealkylation sites (tertiary alicyclic amines) is 1. The minimum Gasteiger partial charge on any atom is -0.340 e. The largest absolute Gasteiger partial charge is 0.417 e. The third-order valence-electron chi connectivity index (χ3n) is 4.31. The fourth-order valence-corrected chi connectivity index (χ4v) is 4.16. The van der Waals surface area contributed by atoms with Gasteiger partial charge in [-0.2, -0.15) is 13.2 Å². The van der Waals surface area contributed by atoms with Crippen LogP contribution in [0, 0.1) is 0 Å². The Labute approximate surface area is 155 Å². The number of rotatable bonds is 5. The van der Waals surface area contributed by atoms with Crippen molar-refractivity contribution < 1.29 is 26.4 Å². The van der Waals surface area contributed by atoms with Crippen molar-refractivity contribution in [1.82, 2.24) is 9.62 Å². The van der Waals surface area contributed by atoms with Gasteiger partial charge in [0.15, 0.2) is 0 Å². The first-order valence-electron chi connectivity index (χ1n) is 8.18. The number of hydrogen-bond acceptors (Lipinski definition) is 3. The maximum Gasteiger partial charge on any atom is 0.417 e. The summed E-state index contributed by atoms with van der Waals surface area (Å²) in [5.41, 5.74) is -1.22. The molecule has 0 aliphatic carbocycles. The molecule has 0 radical (unpaired) electrons. The first-order chi connectivity index (χ1) is 12.0. The molecule has 10 heteroatoms. The van der Waals surface area contributed by atoms with Crippen LogP contribution in [0.4, 0.5) is 13.2 Å². The monoisotopic (exact) mass is 412 g/mol. The van der Waals surface area contributed by atoms with Crippen LogP contribution in [-0.4, -0.2) is 38.4 Å². The molecular weight excluding hydrogens is 393 g/mol. The SMILES string of the molecule is CC1CCCCN1C(=O)CCNS(=O)(=O)c1ccc(Cl)c(C(F)(F)F)c1. The first-order valence-corrected chi connectivity index (χ1v) is 10.0. The van der Waals surface area contributed by atoms with Crippen LogP contribution in [0.2, 0.25) is 5.02 Å². The van der Waals surface area contributed by atoms with Crippen molar-refractivity contribution in [2.45, 2.75) is 49.7 Å². The van der Waals surface area contributed by atoms with E-state index in [9.17, 15) is 26.4 Å². The lowest BCUT2D eigenvalue weighted by Gasteiger charge is -2.33. The molecule has 0 saturated carbocycles. The molecule has 1 heterocycles. The van der Waals surface area contributed by atoms with E-state index in [0.29, 0.717) is 12.6 Å². The van der Waals surface area contributed by atoms with Gasteiger partial charge in [-0.25, -0.2) is 13.1 Å². The molecule has 1 saturated heterocycles. The molecule has 1 N–H and O–H groups in total. The van der Waals surface area contributed by atoms with Gasteiger partial charge in [-0.05, 0) is 44.4 Å². The molecule has 1 aromatic carbocycles. The van der Waals surface area contributed by atoms with Crippen molar-refractivity contribution >= 4 is 27.5 Å². The maximum atomic E-state index is 12.9. The summed E-state index contributed by atoms with van der Waals surface area (Å²) >= 11 is 5.49. The van der Waals surface area contributed by atoms with Gasteiger partial charge in [0.05, 0.1) is 15.5 Å². The molecule has 146 valence electrons. The van der Waals surface area contributed by atoms with Gasteiger partial charge in [0.2, 0.25) is 15.9 Å². The molecule has 26 heavy (non-hydrogen) atoms. The molecule has 0 spiro atoms. The standard InChI is InChI=1S/C16H20ClF3N2O3S/c1-11-4-2-3-9-22(11)15(23)7-8-21-26(24,25)12-5-6-14(17)13(10-12)16(18,19)20/h5-6,10-11,21H,2-4,7-9H2,1H3. The zero-order valence-corrected chi connectivity index (χ0v) is 15.7. The summed E-state index contributed by atoms with van der Waals surface area (Å²) in [6.07, 6.45) is -1.95. The summed E-state index contributed by atoms with van der Waals surface area (Å²) in [6.45, 7) is 2.39. The van der Waals surface area contributed by atoms with E-state index in [0.717, 1.165) is 31.4 Å². The number of halogens is 4. The van der Waals surface area contributed by atoms with Crippen molar-refractivity contribution in [3.05, 3.63) is 28.8 Å². The van der Waals surface area contributed by atoms with Crippen LogP contribution in [-0.2, 0) is 21.0 Å². The Bertz CT molecular complexity index is 768. The second kappa shape index (κ2) is 8.14. The molecule has 1 aliphatic heterocycles. The lowest BCUT2D eigenvalue weighted by Crippen LogP contribution is -2.43. The van der Waals surface area contributed by atoms with Crippen molar-refractivity contribution in [2.75, 3.05) is 13.1 Å². The van der Waals surface area contributed by atoms with E-state index in [1.165, 1.54) is 0 Å². The lowest BCUT2D eigenvalue weighted by atomic mass is 10.0. The quantitative estimate of drug-likeness (QED) is 0.805. The van der Waals surface area contributed by atoms with Crippen LogP contribution in [0.15, 0.2) is 23.1 Å². The van der Waals surface area contributed by atoms with Crippen LogP contribution in [0.25, 0.3) is 0 Å². The molecule has 5 nitrogen and oxygen atoms in total. The fourth-order valence-electron chi connectivity index (χ4n) is 2.88. The van der Waals surface area contributed by atoms with E-state index in [1.54, 1.807) is 4.90 Å². The first kappa shape index (κ1) is 21.0. The number of carbonyl (C=O) groups excluding carboxylic acids is 1. The van der Waals surface area contributed by atoms with Crippen molar-refractivity contribution in [3.63, 3.8) is 0 Å². The number of piperidine rings is 1. The van der Waals surface area contributed by atoms with Gasteiger partial charge >= 0.3 is 6.18 Å². The molecular formula is C16H20ClF3N2O3S. The number of nitrogens with zero attached hydrogens (tertiary/aromatic N) is 1. The number of amides is 1. The van der Waals surface area contributed by atoms with Crippen LogP contribution >= 0.6 is 11.6 Å². The zero-order chi connectivity index (χ0) is 19.5. The van der Waals surface area contributed by atoms with Crippen molar-refractivity contribution in [3.8, 4) is 0 Å². The highest BCUT2D eigenvalue weighted by molar-refractivity contribution is 7.89. The summed E-state index contributed by atoms with van der Waals surface area (Å²) < 4.78 is 65.2. The average Bonchev–Trinajstić information content (AvgIpc) is 2.54. The number of carbonyl (C=O) groups is 1. The minimum absolute atomic E-state index is 0.0523. The van der Waals surface area contributed by atoms with E-state index in [4.69, 9.17) is 11.6 Å². The third kappa shape index (κ3) is 5.11. The van der Waals surface area contributed by atoms with E-state index < -0.39 is 31.7 Å². The Kier molecular flexibility index (Phi) is 6.57. The van der Waals surface area contributed by atoms with E-state index in [2.05, 4.69) is 4.72 Å². The highest BCUT2D eigenvalue weighted by Crippen LogP contribution is 2.35. The summed E-state index contributed by atoms with van der Waals surface area (Å²) in [4.78, 5) is 13.3.